The minimum absolute atomic E-state index is 0.0794. The molecule has 6 heteroatoms. The summed E-state index contributed by atoms with van der Waals surface area (Å²) in [6.45, 7) is 0.124. The van der Waals surface area contributed by atoms with Crippen LogP contribution >= 0.6 is 0 Å². The average Bonchev–Trinajstić information content (AvgIpc) is 2.87. The van der Waals surface area contributed by atoms with E-state index < -0.39 is 5.82 Å². The van der Waals surface area contributed by atoms with Gasteiger partial charge < -0.3 is 10.0 Å². The van der Waals surface area contributed by atoms with E-state index in [1.807, 2.05) is 0 Å². The molecule has 134 valence electrons. The Labute approximate surface area is 146 Å². The lowest BCUT2D eigenvalue weighted by atomic mass is 9.94. The molecule has 1 aromatic carbocycles. The molecule has 0 atom stereocenters. The molecular weight excluding hydrogens is 323 g/mol. The van der Waals surface area contributed by atoms with Crippen molar-refractivity contribution < 1.29 is 19.1 Å². The normalized spacial score (nSPS) is 19.1. The molecule has 1 N–H and O–H groups in total. The lowest BCUT2D eigenvalue weighted by Gasteiger charge is -2.30. The van der Waals surface area contributed by atoms with Crippen LogP contribution in [0, 0.1) is 5.82 Å². The molecule has 0 bridgehead atoms. The van der Waals surface area contributed by atoms with Gasteiger partial charge in [-0.2, -0.15) is 0 Å². The van der Waals surface area contributed by atoms with Crippen molar-refractivity contribution >= 4 is 17.4 Å². The number of imide groups is 1. The van der Waals surface area contributed by atoms with Crippen LogP contribution in [0.4, 0.5) is 4.39 Å². The molecule has 1 aliphatic carbocycles. The number of halogens is 1. The SMILES string of the molecule is CN(CCO)C1=C(c2ccc(F)cc2)C(=O)N(C2CCCCC2)C1=O. The highest BCUT2D eigenvalue weighted by atomic mass is 19.1. The Hall–Kier alpha value is -2.21. The van der Waals surface area contributed by atoms with E-state index in [4.69, 9.17) is 0 Å². The summed E-state index contributed by atoms with van der Waals surface area (Å²) < 4.78 is 13.3. The largest absolute Gasteiger partial charge is 0.395 e. The maximum absolute atomic E-state index is 13.3. The van der Waals surface area contributed by atoms with E-state index in [9.17, 15) is 19.1 Å². The highest BCUT2D eigenvalue weighted by Gasteiger charge is 2.44. The number of amides is 2. The zero-order chi connectivity index (χ0) is 18.0. The fourth-order valence-electron chi connectivity index (χ4n) is 3.70. The van der Waals surface area contributed by atoms with Crippen LogP contribution < -0.4 is 0 Å². The summed E-state index contributed by atoms with van der Waals surface area (Å²) in [6, 6.07) is 5.53. The van der Waals surface area contributed by atoms with E-state index in [1.165, 1.54) is 29.2 Å². The number of benzene rings is 1. The minimum atomic E-state index is -0.393. The molecule has 1 aliphatic heterocycles. The van der Waals surface area contributed by atoms with Gasteiger partial charge in [0.1, 0.15) is 11.5 Å². The van der Waals surface area contributed by atoms with E-state index in [1.54, 1.807) is 11.9 Å². The molecule has 2 aliphatic rings. The topological polar surface area (TPSA) is 60.9 Å². The first-order valence-corrected chi connectivity index (χ1v) is 8.74. The second-order valence-electron chi connectivity index (χ2n) is 6.65. The Bertz CT molecular complexity index is 693. The molecule has 0 spiro atoms. The Morgan fingerprint density at radius 1 is 1.12 bits per heavy atom. The van der Waals surface area contributed by atoms with Gasteiger partial charge in [-0.25, -0.2) is 4.39 Å². The highest BCUT2D eigenvalue weighted by molar-refractivity contribution is 6.35. The number of aliphatic hydroxyl groups excluding tert-OH is 1. The Morgan fingerprint density at radius 3 is 2.36 bits per heavy atom. The van der Waals surface area contributed by atoms with Crippen LogP contribution in [-0.4, -0.2) is 53.0 Å². The average molecular weight is 346 g/mol. The molecule has 1 heterocycles. The number of likely N-dealkylation sites (N-methyl/N-ethyl adjacent to an activating group) is 1. The lowest BCUT2D eigenvalue weighted by Crippen LogP contribution is -2.43. The highest BCUT2D eigenvalue weighted by Crippen LogP contribution is 2.35. The van der Waals surface area contributed by atoms with E-state index in [0.717, 1.165) is 32.1 Å². The standard InChI is InChI=1S/C19H23FN2O3/c1-21(11-12-23)17-16(13-7-9-14(20)10-8-13)18(24)22(19(17)25)15-5-3-2-4-6-15/h7-10,15,23H,2-6,11-12H2,1H3. The van der Waals surface area contributed by atoms with Crippen molar-refractivity contribution in [1.29, 1.82) is 0 Å². The Balaban J connectivity index is 2.02. The summed E-state index contributed by atoms with van der Waals surface area (Å²) >= 11 is 0. The summed E-state index contributed by atoms with van der Waals surface area (Å²) in [4.78, 5) is 29.1. The van der Waals surface area contributed by atoms with Crippen LogP contribution in [0.25, 0.3) is 5.57 Å². The maximum atomic E-state index is 13.3. The van der Waals surface area contributed by atoms with E-state index in [2.05, 4.69) is 0 Å². The second kappa shape index (κ2) is 7.35. The quantitative estimate of drug-likeness (QED) is 0.830. The summed E-state index contributed by atoms with van der Waals surface area (Å²) in [5, 5.41) is 9.23. The number of nitrogens with zero attached hydrogens (tertiary/aromatic N) is 2. The smallest absolute Gasteiger partial charge is 0.278 e. The molecule has 2 amide bonds. The molecular formula is C19H23FN2O3. The lowest BCUT2D eigenvalue weighted by molar-refractivity contribution is -0.140. The third-order valence-corrected chi connectivity index (χ3v) is 4.98. The van der Waals surface area contributed by atoms with Gasteiger partial charge in [0.2, 0.25) is 0 Å². The molecule has 0 radical (unpaired) electrons. The summed E-state index contributed by atoms with van der Waals surface area (Å²) in [7, 11) is 1.69. The first-order valence-electron chi connectivity index (χ1n) is 8.74. The zero-order valence-corrected chi connectivity index (χ0v) is 14.4. The predicted molar refractivity (Wildman–Crippen MR) is 91.8 cm³/mol. The van der Waals surface area contributed by atoms with Crippen molar-refractivity contribution in [2.45, 2.75) is 38.1 Å². The molecule has 1 fully saturated rings. The van der Waals surface area contributed by atoms with Gasteiger partial charge in [-0.3, -0.25) is 14.5 Å². The number of rotatable bonds is 5. The van der Waals surface area contributed by atoms with Gasteiger partial charge in [-0.15, -0.1) is 0 Å². The van der Waals surface area contributed by atoms with Crippen LogP contribution in [0.2, 0.25) is 0 Å². The summed E-state index contributed by atoms with van der Waals surface area (Å²) in [5.74, 6) is -1.02. The zero-order valence-electron chi connectivity index (χ0n) is 14.4. The van der Waals surface area contributed by atoms with E-state index in [0.29, 0.717) is 11.1 Å². The van der Waals surface area contributed by atoms with E-state index >= 15 is 0 Å². The van der Waals surface area contributed by atoms with Crippen molar-refractivity contribution in [2.24, 2.45) is 0 Å². The monoisotopic (exact) mass is 346 g/mol. The molecule has 0 unspecified atom stereocenters. The maximum Gasteiger partial charge on any atom is 0.278 e. The van der Waals surface area contributed by atoms with Gasteiger partial charge in [0.15, 0.2) is 0 Å². The Kier molecular flexibility index (Phi) is 5.18. The number of hydrogen-bond donors (Lipinski definition) is 1. The van der Waals surface area contributed by atoms with Crippen LogP contribution in [0.15, 0.2) is 30.0 Å². The Morgan fingerprint density at radius 2 is 1.76 bits per heavy atom. The third-order valence-electron chi connectivity index (χ3n) is 4.98. The van der Waals surface area contributed by atoms with Gasteiger partial charge in [-0.1, -0.05) is 31.4 Å². The minimum Gasteiger partial charge on any atom is -0.395 e. The van der Waals surface area contributed by atoms with Crippen LogP contribution in [0.1, 0.15) is 37.7 Å². The van der Waals surface area contributed by atoms with Crippen LogP contribution in [0.5, 0.6) is 0 Å². The number of hydrogen-bond acceptors (Lipinski definition) is 4. The first-order chi connectivity index (χ1) is 12.0. The molecule has 5 nitrogen and oxygen atoms in total. The third kappa shape index (κ3) is 3.31. The fourth-order valence-corrected chi connectivity index (χ4v) is 3.70. The van der Waals surface area contributed by atoms with Gasteiger partial charge in [-0.05, 0) is 30.5 Å². The van der Waals surface area contributed by atoms with Crippen molar-refractivity contribution in [1.82, 2.24) is 9.80 Å². The summed E-state index contributed by atoms with van der Waals surface area (Å²) in [6.07, 6.45) is 4.80. The molecule has 3 rings (SSSR count). The fraction of sp³-hybridized carbons (Fsp3) is 0.474. The molecule has 1 aromatic rings. The van der Waals surface area contributed by atoms with Gasteiger partial charge in [0.05, 0.1) is 12.2 Å². The molecule has 0 aromatic heterocycles. The second-order valence-corrected chi connectivity index (χ2v) is 6.65. The molecule has 25 heavy (non-hydrogen) atoms. The van der Waals surface area contributed by atoms with Crippen LogP contribution in [-0.2, 0) is 9.59 Å². The predicted octanol–water partition coefficient (Wildman–Crippen LogP) is 2.16. The van der Waals surface area contributed by atoms with Gasteiger partial charge >= 0.3 is 0 Å². The number of aliphatic hydroxyl groups is 1. The molecule has 0 saturated heterocycles. The first kappa shape index (κ1) is 17.6. The van der Waals surface area contributed by atoms with E-state index in [-0.39, 0.29) is 36.7 Å². The molecule has 1 saturated carbocycles. The van der Waals surface area contributed by atoms with Crippen molar-refractivity contribution in [2.75, 3.05) is 20.2 Å². The van der Waals surface area contributed by atoms with Gasteiger partial charge in [0, 0.05) is 19.6 Å². The summed E-state index contributed by atoms with van der Waals surface area (Å²) in [5.41, 5.74) is 1.11. The van der Waals surface area contributed by atoms with Crippen molar-refractivity contribution in [3.63, 3.8) is 0 Å². The number of carbonyl (C=O) groups is 2. The van der Waals surface area contributed by atoms with Crippen molar-refractivity contribution in [3.8, 4) is 0 Å². The number of carbonyl (C=O) groups excluding carboxylic acids is 2. The van der Waals surface area contributed by atoms with Crippen LogP contribution in [0.3, 0.4) is 0 Å². The van der Waals surface area contributed by atoms with Crippen molar-refractivity contribution in [3.05, 3.63) is 41.3 Å². The van der Waals surface area contributed by atoms with Gasteiger partial charge in [0.25, 0.3) is 11.8 Å².